The summed E-state index contributed by atoms with van der Waals surface area (Å²) in [6, 6.07) is 11.4. The first kappa shape index (κ1) is 30.1. The van der Waals surface area contributed by atoms with Crippen LogP contribution in [0, 0.1) is 11.3 Å². The van der Waals surface area contributed by atoms with Crippen LogP contribution >= 0.6 is 0 Å². The van der Waals surface area contributed by atoms with Crippen molar-refractivity contribution in [1.29, 1.82) is 5.26 Å². The standard InChI is InChI=1S/C28H37BN4O6.CH4/c1-27(2,32-16-22-13-23(17-32)39-22)14-20(15-30)25(34)33-21-8-10-28(33,11-9-21)18-38-26(35)31-24(29(36)37)12-19-6-4-3-5-7-19;/h3-7,14,21-24,36-37H,8-13,16-18H2,1-2H3,(H,31,35);1H4/t21?,22?,23?,24-,28?;/m0./s1. The van der Waals surface area contributed by atoms with E-state index >= 15 is 0 Å². The van der Waals surface area contributed by atoms with Gasteiger partial charge in [-0.15, -0.1) is 0 Å². The Bertz CT molecular complexity index is 1130. The summed E-state index contributed by atoms with van der Waals surface area (Å²) >= 11 is 0. The minimum Gasteiger partial charge on any atom is -0.447 e. The zero-order chi connectivity index (χ0) is 27.8. The lowest BCUT2D eigenvalue weighted by Crippen LogP contribution is -2.62. The molecule has 0 saturated carbocycles. The summed E-state index contributed by atoms with van der Waals surface area (Å²) in [5.74, 6) is -1.27. The normalized spacial score (nSPS) is 28.1. The van der Waals surface area contributed by atoms with Crippen molar-refractivity contribution < 1.29 is 29.1 Å². The van der Waals surface area contributed by atoms with Gasteiger partial charge in [-0.2, -0.15) is 5.26 Å². The lowest BCUT2D eigenvalue weighted by atomic mass is 9.76. The van der Waals surface area contributed by atoms with Crippen molar-refractivity contribution >= 4 is 19.1 Å². The second kappa shape index (κ2) is 11.9. The molecule has 2 amide bonds. The van der Waals surface area contributed by atoms with Crippen molar-refractivity contribution in [3.8, 4) is 6.07 Å². The number of hydrogen-bond donors (Lipinski definition) is 3. The molecule has 1 aromatic rings. The molecule has 0 aromatic heterocycles. The third kappa shape index (κ3) is 6.05. The van der Waals surface area contributed by atoms with E-state index in [0.717, 1.165) is 37.9 Å². The van der Waals surface area contributed by atoms with Gasteiger partial charge in [0.05, 0.1) is 23.7 Å². The number of carbonyl (C=O) groups excluding carboxylic acids is 2. The number of carbonyl (C=O) groups is 2. The number of benzene rings is 1. The number of morpholine rings is 1. The Balaban J connectivity index is 0.00000370. The van der Waals surface area contributed by atoms with Crippen molar-refractivity contribution in [3.63, 3.8) is 0 Å². The number of nitrogens with one attached hydrogen (secondary N) is 1. The molecule has 216 valence electrons. The van der Waals surface area contributed by atoms with Crippen LogP contribution in [0.25, 0.3) is 0 Å². The summed E-state index contributed by atoms with van der Waals surface area (Å²) in [6.45, 7) is 5.58. The van der Waals surface area contributed by atoms with Gasteiger partial charge in [0.25, 0.3) is 5.91 Å². The molecule has 4 bridgehead atoms. The summed E-state index contributed by atoms with van der Waals surface area (Å²) in [5, 5.41) is 32.1. The fourth-order valence-electron chi connectivity index (χ4n) is 6.66. The quantitative estimate of drug-likeness (QED) is 0.241. The van der Waals surface area contributed by atoms with E-state index in [-0.39, 0.29) is 50.2 Å². The second-order valence-electron chi connectivity index (χ2n) is 11.9. The van der Waals surface area contributed by atoms with Crippen molar-refractivity contribution in [2.45, 2.75) is 95.1 Å². The number of fused-ring (bicyclic) bond motifs is 4. The van der Waals surface area contributed by atoms with Crippen LogP contribution in [-0.2, 0) is 20.7 Å². The zero-order valence-electron chi connectivity index (χ0n) is 22.6. The lowest BCUT2D eigenvalue weighted by Gasteiger charge is -2.52. The van der Waals surface area contributed by atoms with Crippen molar-refractivity contribution in [1.82, 2.24) is 15.1 Å². The van der Waals surface area contributed by atoms with Crippen LogP contribution < -0.4 is 5.32 Å². The Kier molecular flexibility index (Phi) is 8.95. The highest BCUT2D eigenvalue weighted by Gasteiger charge is 2.55. The second-order valence-corrected chi connectivity index (χ2v) is 11.9. The molecule has 11 heteroatoms. The van der Waals surface area contributed by atoms with Gasteiger partial charge in [-0.3, -0.25) is 9.69 Å². The maximum absolute atomic E-state index is 13.8. The molecule has 5 saturated heterocycles. The van der Waals surface area contributed by atoms with E-state index in [1.54, 1.807) is 11.0 Å². The number of rotatable bonds is 9. The molecule has 3 atom stereocenters. The Morgan fingerprint density at radius 1 is 1.25 bits per heavy atom. The third-order valence-corrected chi connectivity index (χ3v) is 8.84. The van der Waals surface area contributed by atoms with Crippen LogP contribution in [0.15, 0.2) is 42.0 Å². The smallest absolute Gasteiger partial charge is 0.447 e. The number of nitrogens with zero attached hydrogens (tertiary/aromatic N) is 3. The molecular weight excluding hydrogens is 511 g/mol. The maximum atomic E-state index is 13.8. The SMILES string of the molecule is C.CC(C)(C=C(C#N)C(=O)N1C2CCC1(COC(=O)N[C@@H](Cc1ccccc1)B(O)O)CC2)N1CC2CC(C1)O2. The fourth-order valence-corrected chi connectivity index (χ4v) is 6.66. The van der Waals surface area contributed by atoms with Gasteiger partial charge in [-0.25, -0.2) is 4.79 Å². The Labute approximate surface area is 237 Å². The average Bonchev–Trinajstić information content (AvgIpc) is 3.46. The predicted molar refractivity (Wildman–Crippen MR) is 150 cm³/mol. The van der Waals surface area contributed by atoms with Gasteiger partial charge < -0.3 is 29.7 Å². The van der Waals surface area contributed by atoms with E-state index in [0.29, 0.717) is 12.8 Å². The Morgan fingerprint density at radius 3 is 2.45 bits per heavy atom. The molecule has 0 spiro atoms. The van der Waals surface area contributed by atoms with Crippen molar-refractivity contribution in [2.24, 2.45) is 0 Å². The van der Waals surface area contributed by atoms with Crippen molar-refractivity contribution in [3.05, 3.63) is 47.5 Å². The first-order chi connectivity index (χ1) is 18.6. The molecule has 5 fully saturated rings. The summed E-state index contributed by atoms with van der Waals surface area (Å²) in [7, 11) is -1.76. The van der Waals surface area contributed by atoms with Gasteiger partial charge in [0, 0.05) is 31.1 Å². The zero-order valence-corrected chi connectivity index (χ0v) is 22.6. The van der Waals surface area contributed by atoms with E-state index in [2.05, 4.69) is 16.3 Å². The van der Waals surface area contributed by atoms with E-state index in [1.807, 2.05) is 44.2 Å². The highest BCUT2D eigenvalue weighted by Crippen LogP contribution is 2.47. The molecule has 0 aliphatic carbocycles. The molecular formula is C29H41BN4O6. The maximum Gasteiger partial charge on any atom is 0.475 e. The summed E-state index contributed by atoms with van der Waals surface area (Å²) < 4.78 is 11.3. The third-order valence-electron chi connectivity index (χ3n) is 8.84. The largest absolute Gasteiger partial charge is 0.475 e. The van der Waals surface area contributed by atoms with Crippen molar-refractivity contribution in [2.75, 3.05) is 19.7 Å². The van der Waals surface area contributed by atoms with Crippen LogP contribution in [0.2, 0.25) is 0 Å². The van der Waals surface area contributed by atoms with Crippen LogP contribution in [0.1, 0.15) is 58.9 Å². The molecule has 10 nitrogen and oxygen atoms in total. The highest BCUT2D eigenvalue weighted by molar-refractivity contribution is 6.43. The molecule has 3 N–H and O–H groups in total. The Morgan fingerprint density at radius 2 is 1.88 bits per heavy atom. The van der Waals surface area contributed by atoms with E-state index in [4.69, 9.17) is 9.47 Å². The van der Waals surface area contributed by atoms with Gasteiger partial charge in [-0.1, -0.05) is 37.8 Å². The van der Waals surface area contributed by atoms with E-state index < -0.39 is 30.2 Å². The van der Waals surface area contributed by atoms with Gasteiger partial charge >= 0.3 is 13.2 Å². The first-order valence-corrected chi connectivity index (χ1v) is 13.8. The summed E-state index contributed by atoms with van der Waals surface area (Å²) in [4.78, 5) is 30.5. The number of nitriles is 1. The number of alkyl carbamates (subject to hydrolysis) is 1. The van der Waals surface area contributed by atoms with Gasteiger partial charge in [-0.05, 0) is 57.6 Å². The number of ether oxygens (including phenoxy) is 2. The highest BCUT2D eigenvalue weighted by atomic mass is 16.6. The number of piperidine rings is 1. The first-order valence-electron chi connectivity index (χ1n) is 13.8. The molecule has 40 heavy (non-hydrogen) atoms. The van der Waals surface area contributed by atoms with Crippen LogP contribution in [-0.4, -0.2) is 93.9 Å². The topological polar surface area (TPSA) is 135 Å². The molecule has 5 aliphatic heterocycles. The number of hydrogen-bond acceptors (Lipinski definition) is 8. The minimum absolute atomic E-state index is 0. The molecule has 1 aromatic carbocycles. The van der Waals surface area contributed by atoms with Crippen LogP contribution in [0.3, 0.4) is 0 Å². The van der Waals surface area contributed by atoms with Gasteiger partial charge in [0.15, 0.2) is 0 Å². The lowest BCUT2D eigenvalue weighted by molar-refractivity contribution is -0.192. The molecule has 0 radical (unpaired) electrons. The molecule has 6 rings (SSSR count). The molecule has 5 heterocycles. The van der Waals surface area contributed by atoms with Gasteiger partial charge in [0.2, 0.25) is 0 Å². The monoisotopic (exact) mass is 552 g/mol. The fraction of sp³-hybridized carbons (Fsp3) is 0.621. The number of amides is 2. The molecule has 5 aliphatic rings. The average molecular weight is 552 g/mol. The summed E-state index contributed by atoms with van der Waals surface area (Å²) in [5.41, 5.74) is -0.211. The minimum atomic E-state index is -1.76. The predicted octanol–water partition coefficient (Wildman–Crippen LogP) is 2.20. The van der Waals surface area contributed by atoms with E-state index in [1.165, 1.54) is 0 Å². The van der Waals surface area contributed by atoms with Crippen LogP contribution in [0.5, 0.6) is 0 Å². The van der Waals surface area contributed by atoms with Crippen LogP contribution in [0.4, 0.5) is 4.79 Å². The van der Waals surface area contributed by atoms with Gasteiger partial charge in [0.1, 0.15) is 18.2 Å². The molecule has 2 unspecified atom stereocenters. The summed E-state index contributed by atoms with van der Waals surface area (Å²) in [6.07, 6.45) is 5.67. The van der Waals surface area contributed by atoms with E-state index in [9.17, 15) is 24.9 Å². The Hall–Kier alpha value is -2.91.